The monoisotopic (exact) mass is 582 g/mol. The molecular weight excluding hydrogens is 548 g/mol. The second kappa shape index (κ2) is 11.4. The maximum atomic E-state index is 13.8. The van der Waals surface area contributed by atoms with Gasteiger partial charge in [0.15, 0.2) is 21.3 Å². The van der Waals surface area contributed by atoms with Gasteiger partial charge in [-0.15, -0.1) is 0 Å². The smallest absolute Gasteiger partial charge is 0.232 e. The lowest BCUT2D eigenvalue weighted by molar-refractivity contribution is -0.118. The highest BCUT2D eigenvalue weighted by atomic mass is 35.5. The largest absolute Gasteiger partial charge is 0.493 e. The summed E-state index contributed by atoms with van der Waals surface area (Å²) in [6.45, 7) is 7.08. The molecule has 0 saturated carbocycles. The summed E-state index contributed by atoms with van der Waals surface area (Å²) >= 11 is 6.23. The van der Waals surface area contributed by atoms with Gasteiger partial charge in [0, 0.05) is 29.8 Å². The molecule has 2 heterocycles. The zero-order valence-corrected chi connectivity index (χ0v) is 24.8. The van der Waals surface area contributed by atoms with E-state index in [4.69, 9.17) is 21.1 Å². The predicted molar refractivity (Wildman–Crippen MR) is 158 cm³/mol. The van der Waals surface area contributed by atoms with Crippen molar-refractivity contribution in [2.24, 2.45) is 0 Å². The average molecular weight is 583 g/mol. The molecule has 0 aliphatic carbocycles. The third-order valence-electron chi connectivity index (χ3n) is 7.72. The quantitative estimate of drug-likeness (QED) is 0.361. The first kappa shape index (κ1) is 28.5. The molecule has 0 N–H and O–H groups in total. The van der Waals surface area contributed by atoms with Gasteiger partial charge in [-0.25, -0.2) is 8.42 Å². The van der Waals surface area contributed by atoms with Gasteiger partial charge in [-0.1, -0.05) is 35.9 Å². The van der Waals surface area contributed by atoms with Crippen LogP contribution in [0.3, 0.4) is 0 Å². The van der Waals surface area contributed by atoms with Crippen molar-refractivity contribution in [1.29, 1.82) is 0 Å². The van der Waals surface area contributed by atoms with E-state index in [1.165, 1.54) is 0 Å². The topological polar surface area (TPSA) is 76.2 Å². The van der Waals surface area contributed by atoms with Crippen LogP contribution < -0.4 is 14.4 Å². The molecule has 2 aliphatic rings. The number of halogens is 1. The molecular formula is C31H35ClN2O5S. The first-order valence-electron chi connectivity index (χ1n) is 13.6. The van der Waals surface area contributed by atoms with Crippen molar-refractivity contribution < 1.29 is 22.7 Å². The molecule has 1 amide bonds. The number of nitrogens with zero attached hydrogens (tertiary/aromatic N) is 2. The molecule has 7 nitrogen and oxygen atoms in total. The molecule has 3 aromatic rings. The van der Waals surface area contributed by atoms with Gasteiger partial charge in [0.25, 0.3) is 0 Å². The highest BCUT2D eigenvalue weighted by Crippen LogP contribution is 2.44. The highest BCUT2D eigenvalue weighted by Gasteiger charge is 2.36. The molecule has 3 aromatic carbocycles. The Bertz CT molecular complexity index is 1480. The van der Waals surface area contributed by atoms with Crippen molar-refractivity contribution in [3.8, 4) is 11.5 Å². The van der Waals surface area contributed by atoms with E-state index in [0.717, 1.165) is 27.9 Å². The molecule has 1 fully saturated rings. The number of anilines is 1. The average Bonchev–Trinajstić information content (AvgIpc) is 2.92. The number of fused-ring (bicyclic) bond motifs is 1. The van der Waals surface area contributed by atoms with E-state index < -0.39 is 9.84 Å². The Labute approximate surface area is 241 Å². The molecule has 2 atom stereocenters. The number of hydrogen-bond donors (Lipinski definition) is 0. The summed E-state index contributed by atoms with van der Waals surface area (Å²) < 4.78 is 35.5. The highest BCUT2D eigenvalue weighted by molar-refractivity contribution is 7.91. The Morgan fingerprint density at radius 2 is 1.57 bits per heavy atom. The number of rotatable bonds is 7. The zero-order valence-electron chi connectivity index (χ0n) is 23.3. The van der Waals surface area contributed by atoms with E-state index in [-0.39, 0.29) is 42.0 Å². The van der Waals surface area contributed by atoms with Crippen molar-refractivity contribution in [3.05, 3.63) is 87.9 Å². The summed E-state index contributed by atoms with van der Waals surface area (Å²) in [4.78, 5) is 17.8. The molecule has 0 spiro atoms. The van der Waals surface area contributed by atoms with E-state index in [1.807, 2.05) is 79.4 Å². The minimum Gasteiger partial charge on any atom is -0.493 e. The molecule has 40 heavy (non-hydrogen) atoms. The number of hydrogen-bond acceptors (Lipinski definition) is 6. The fourth-order valence-electron chi connectivity index (χ4n) is 5.57. The SMILES string of the molecule is COc1cc2c(cc1OC(C)C)C(c1ccc(Cl)cc1)N(c1ccc(C(C)N3CCS(=O)(=O)CC3)cc1)C(=O)C2. The Balaban J connectivity index is 1.53. The summed E-state index contributed by atoms with van der Waals surface area (Å²) in [5.41, 5.74) is 4.68. The molecule has 9 heteroatoms. The first-order valence-corrected chi connectivity index (χ1v) is 15.8. The number of amides is 1. The Morgan fingerprint density at radius 3 is 2.17 bits per heavy atom. The van der Waals surface area contributed by atoms with Gasteiger partial charge in [0.1, 0.15) is 0 Å². The van der Waals surface area contributed by atoms with Crippen LogP contribution in [-0.2, 0) is 21.1 Å². The van der Waals surface area contributed by atoms with E-state index in [1.54, 1.807) is 7.11 Å². The van der Waals surface area contributed by atoms with Crippen LogP contribution in [-0.4, -0.2) is 57.0 Å². The summed E-state index contributed by atoms with van der Waals surface area (Å²) in [6.07, 6.45) is 0.190. The number of benzene rings is 3. The Morgan fingerprint density at radius 1 is 0.925 bits per heavy atom. The summed E-state index contributed by atoms with van der Waals surface area (Å²) in [7, 11) is -1.34. The molecule has 0 aromatic heterocycles. The van der Waals surface area contributed by atoms with Crippen molar-refractivity contribution in [1.82, 2.24) is 4.90 Å². The van der Waals surface area contributed by atoms with E-state index in [9.17, 15) is 13.2 Å². The minimum absolute atomic E-state index is 0.0194. The normalized spacial score (nSPS) is 19.8. The minimum atomic E-state index is -2.94. The van der Waals surface area contributed by atoms with Crippen molar-refractivity contribution in [3.63, 3.8) is 0 Å². The lowest BCUT2D eigenvalue weighted by Crippen LogP contribution is -2.42. The fraction of sp³-hybridized carbons (Fsp3) is 0.387. The zero-order chi connectivity index (χ0) is 28.6. The van der Waals surface area contributed by atoms with Crippen LogP contribution in [0.5, 0.6) is 11.5 Å². The van der Waals surface area contributed by atoms with Gasteiger partial charge in [-0.2, -0.15) is 0 Å². The molecule has 2 unspecified atom stereocenters. The first-order chi connectivity index (χ1) is 19.1. The predicted octanol–water partition coefficient (Wildman–Crippen LogP) is 5.61. The van der Waals surface area contributed by atoms with Gasteiger partial charge < -0.3 is 14.4 Å². The van der Waals surface area contributed by atoms with E-state index in [0.29, 0.717) is 29.6 Å². The van der Waals surface area contributed by atoms with Gasteiger partial charge in [-0.05, 0) is 79.4 Å². The van der Waals surface area contributed by atoms with Crippen LogP contribution in [0.4, 0.5) is 5.69 Å². The number of sulfone groups is 1. The van der Waals surface area contributed by atoms with Gasteiger partial charge in [-0.3, -0.25) is 9.69 Å². The standard InChI is InChI=1S/C31H35ClN2O5S/c1-20(2)39-29-19-27-24(17-28(29)38-4)18-30(35)34(31(27)23-5-9-25(32)10-6-23)26-11-7-22(8-12-26)21(3)33-13-15-40(36,37)16-14-33/h5-12,17,19-21,31H,13-16,18H2,1-4H3. The summed E-state index contributed by atoms with van der Waals surface area (Å²) in [5.74, 6) is 1.60. The molecule has 5 rings (SSSR count). The molecule has 1 saturated heterocycles. The lowest BCUT2D eigenvalue weighted by atomic mass is 9.86. The van der Waals surface area contributed by atoms with Gasteiger partial charge in [0.05, 0.1) is 37.2 Å². The van der Waals surface area contributed by atoms with Crippen LogP contribution in [0.2, 0.25) is 5.02 Å². The summed E-state index contributed by atoms with van der Waals surface area (Å²) in [6, 6.07) is 19.2. The number of methoxy groups -OCH3 is 1. The molecule has 212 valence electrons. The molecule has 2 aliphatic heterocycles. The van der Waals surface area contributed by atoms with Crippen molar-refractivity contribution in [2.45, 2.75) is 45.4 Å². The van der Waals surface area contributed by atoms with E-state index >= 15 is 0 Å². The number of ether oxygens (including phenoxy) is 2. The van der Waals surface area contributed by atoms with Crippen LogP contribution in [0, 0.1) is 0 Å². The van der Waals surface area contributed by atoms with Crippen LogP contribution in [0.25, 0.3) is 0 Å². The van der Waals surface area contributed by atoms with Gasteiger partial charge in [0.2, 0.25) is 5.91 Å². The number of carbonyl (C=O) groups excluding carboxylic acids is 1. The number of carbonyl (C=O) groups is 1. The van der Waals surface area contributed by atoms with Crippen LogP contribution >= 0.6 is 11.6 Å². The third-order valence-corrected chi connectivity index (χ3v) is 9.58. The van der Waals surface area contributed by atoms with Crippen LogP contribution in [0.1, 0.15) is 55.1 Å². The maximum Gasteiger partial charge on any atom is 0.232 e. The van der Waals surface area contributed by atoms with Gasteiger partial charge >= 0.3 is 0 Å². The lowest BCUT2D eigenvalue weighted by Gasteiger charge is -2.38. The second-order valence-electron chi connectivity index (χ2n) is 10.7. The van der Waals surface area contributed by atoms with Crippen LogP contribution in [0.15, 0.2) is 60.7 Å². The maximum absolute atomic E-state index is 13.8. The second-order valence-corrected chi connectivity index (χ2v) is 13.5. The van der Waals surface area contributed by atoms with E-state index in [2.05, 4.69) is 11.8 Å². The fourth-order valence-corrected chi connectivity index (χ4v) is 6.92. The Hall–Kier alpha value is -3.07. The van der Waals surface area contributed by atoms with Crippen molar-refractivity contribution >= 4 is 33.0 Å². The molecule has 0 bridgehead atoms. The molecule has 0 radical (unpaired) electrons. The summed E-state index contributed by atoms with van der Waals surface area (Å²) in [5, 5.41) is 0.625. The third kappa shape index (κ3) is 5.85. The Kier molecular flexibility index (Phi) is 8.13. The van der Waals surface area contributed by atoms with Crippen molar-refractivity contribution in [2.75, 3.05) is 36.6 Å².